The summed E-state index contributed by atoms with van der Waals surface area (Å²) >= 11 is 0. The molecular formula is C21H23N5O3. The Balaban J connectivity index is 1.28. The van der Waals surface area contributed by atoms with E-state index in [9.17, 15) is 14.4 Å². The molecule has 5 rings (SSSR count). The van der Waals surface area contributed by atoms with Crippen molar-refractivity contribution in [3.63, 3.8) is 0 Å². The van der Waals surface area contributed by atoms with Crippen LogP contribution in [0.2, 0.25) is 0 Å². The zero-order chi connectivity index (χ0) is 20.0. The van der Waals surface area contributed by atoms with Crippen LogP contribution in [0.15, 0.2) is 29.3 Å². The number of aliphatic imine (C=N–C) groups is 1. The Bertz CT molecular complexity index is 965. The molecule has 2 aliphatic carbocycles. The lowest BCUT2D eigenvalue weighted by Gasteiger charge is -2.39. The monoisotopic (exact) mass is 393 g/mol. The topological polar surface area (TPSA) is 98.7 Å². The highest BCUT2D eigenvalue weighted by Crippen LogP contribution is 2.28. The molecule has 0 radical (unpaired) electrons. The maximum Gasteiger partial charge on any atom is 0.350 e. The third kappa shape index (κ3) is 3.03. The molecule has 1 aromatic heterocycles. The average molecular weight is 393 g/mol. The molecule has 1 N–H and O–H groups in total. The second kappa shape index (κ2) is 7.09. The predicted octanol–water partition coefficient (Wildman–Crippen LogP) is 2.04. The smallest absolute Gasteiger partial charge is 0.337 e. The van der Waals surface area contributed by atoms with Crippen molar-refractivity contribution in [1.82, 2.24) is 20.0 Å². The number of hydrogen-bond acceptors (Lipinski definition) is 4. The van der Waals surface area contributed by atoms with E-state index in [1.54, 1.807) is 29.2 Å². The lowest BCUT2D eigenvalue weighted by atomic mass is 9.92. The number of nitrogens with zero attached hydrogens (tertiary/aromatic N) is 4. The summed E-state index contributed by atoms with van der Waals surface area (Å²) in [6.45, 7) is 0.998. The van der Waals surface area contributed by atoms with Gasteiger partial charge in [0.1, 0.15) is 0 Å². The highest BCUT2D eigenvalue weighted by Gasteiger charge is 2.41. The van der Waals surface area contributed by atoms with Crippen molar-refractivity contribution in [2.24, 2.45) is 10.9 Å². The number of likely N-dealkylation sites (tertiary alicyclic amines) is 1. The van der Waals surface area contributed by atoms with Gasteiger partial charge in [-0.3, -0.25) is 19.6 Å². The SMILES string of the molecule is O=C(c1n[nH]c2c1CCCC2)N1CCC(N2C(=O)N=C3C=CC=CC3C2=O)CC1. The van der Waals surface area contributed by atoms with Gasteiger partial charge in [-0.15, -0.1) is 0 Å². The van der Waals surface area contributed by atoms with Gasteiger partial charge >= 0.3 is 6.03 Å². The second-order valence-corrected chi connectivity index (χ2v) is 8.01. The number of aromatic nitrogens is 2. The number of hydrogen-bond donors (Lipinski definition) is 1. The molecule has 1 aromatic rings. The predicted molar refractivity (Wildman–Crippen MR) is 106 cm³/mol. The Morgan fingerprint density at radius 3 is 2.72 bits per heavy atom. The molecule has 29 heavy (non-hydrogen) atoms. The molecule has 0 aromatic carbocycles. The Kier molecular flexibility index (Phi) is 4.41. The van der Waals surface area contributed by atoms with Gasteiger partial charge in [-0.25, -0.2) is 4.79 Å². The molecule has 4 amide bonds. The van der Waals surface area contributed by atoms with Crippen molar-refractivity contribution in [1.29, 1.82) is 0 Å². The van der Waals surface area contributed by atoms with Crippen LogP contribution in [0.5, 0.6) is 0 Å². The molecule has 1 unspecified atom stereocenters. The van der Waals surface area contributed by atoms with Gasteiger partial charge in [-0.05, 0) is 44.6 Å². The maximum atomic E-state index is 13.0. The van der Waals surface area contributed by atoms with E-state index in [-0.39, 0.29) is 17.9 Å². The number of amides is 4. The highest BCUT2D eigenvalue weighted by atomic mass is 16.2. The molecule has 150 valence electrons. The van der Waals surface area contributed by atoms with Crippen LogP contribution >= 0.6 is 0 Å². The molecule has 1 atom stereocenters. The first-order valence-electron chi connectivity index (χ1n) is 10.3. The molecule has 8 nitrogen and oxygen atoms in total. The van der Waals surface area contributed by atoms with E-state index in [1.807, 2.05) is 0 Å². The van der Waals surface area contributed by atoms with Crippen molar-refractivity contribution < 1.29 is 14.4 Å². The number of fused-ring (bicyclic) bond motifs is 2. The number of nitrogens with one attached hydrogen (secondary N) is 1. The summed E-state index contributed by atoms with van der Waals surface area (Å²) in [5, 5.41) is 7.31. The van der Waals surface area contributed by atoms with Gasteiger partial charge in [0.15, 0.2) is 5.69 Å². The molecule has 1 saturated heterocycles. The van der Waals surface area contributed by atoms with E-state index in [4.69, 9.17) is 0 Å². The zero-order valence-electron chi connectivity index (χ0n) is 16.1. The number of carbonyl (C=O) groups excluding carboxylic acids is 3. The van der Waals surface area contributed by atoms with Crippen LogP contribution in [-0.4, -0.2) is 62.7 Å². The minimum atomic E-state index is -0.493. The number of carbonyl (C=O) groups is 3. The molecule has 4 aliphatic rings. The summed E-state index contributed by atoms with van der Waals surface area (Å²) in [6.07, 6.45) is 12.3. The van der Waals surface area contributed by atoms with Crippen molar-refractivity contribution >= 4 is 23.6 Å². The molecular weight excluding hydrogens is 370 g/mol. The Morgan fingerprint density at radius 2 is 1.90 bits per heavy atom. The number of aryl methyl sites for hydroxylation is 1. The molecule has 2 aliphatic heterocycles. The first-order chi connectivity index (χ1) is 14.1. The summed E-state index contributed by atoms with van der Waals surface area (Å²) in [7, 11) is 0. The lowest BCUT2D eigenvalue weighted by molar-refractivity contribution is -0.131. The fourth-order valence-corrected chi connectivity index (χ4v) is 4.73. The van der Waals surface area contributed by atoms with E-state index >= 15 is 0 Å². The number of rotatable bonds is 2. The van der Waals surface area contributed by atoms with Crippen LogP contribution in [0.1, 0.15) is 47.4 Å². The van der Waals surface area contributed by atoms with Gasteiger partial charge in [0, 0.05) is 30.4 Å². The van der Waals surface area contributed by atoms with Crippen molar-refractivity contribution in [2.45, 2.75) is 44.6 Å². The van der Waals surface area contributed by atoms with Gasteiger partial charge in [0.05, 0.1) is 11.6 Å². The number of piperidine rings is 1. The van der Waals surface area contributed by atoms with Crippen LogP contribution in [0, 0.1) is 5.92 Å². The first kappa shape index (κ1) is 18.0. The van der Waals surface area contributed by atoms with Gasteiger partial charge in [0.2, 0.25) is 5.91 Å². The minimum absolute atomic E-state index is 0.0557. The number of H-pyrrole nitrogens is 1. The fourth-order valence-electron chi connectivity index (χ4n) is 4.73. The van der Waals surface area contributed by atoms with E-state index in [2.05, 4.69) is 15.2 Å². The summed E-state index contributed by atoms with van der Waals surface area (Å²) in [5.41, 5.74) is 3.19. The number of urea groups is 1. The Labute approximate surface area is 168 Å². The molecule has 0 spiro atoms. The van der Waals surface area contributed by atoms with Gasteiger partial charge < -0.3 is 4.90 Å². The number of allylic oxidation sites excluding steroid dienone is 3. The van der Waals surface area contributed by atoms with Crippen LogP contribution in [0.4, 0.5) is 4.79 Å². The van der Waals surface area contributed by atoms with Crippen LogP contribution in [0.3, 0.4) is 0 Å². The molecule has 8 heteroatoms. The normalized spacial score (nSPS) is 24.4. The fraction of sp³-hybridized carbons (Fsp3) is 0.476. The third-order valence-corrected chi connectivity index (χ3v) is 6.31. The quantitative estimate of drug-likeness (QED) is 0.831. The number of aromatic amines is 1. The largest absolute Gasteiger partial charge is 0.350 e. The Hall–Kier alpha value is -3.03. The standard InChI is InChI=1S/C21H23N5O3/c27-19-15-6-2-3-7-16(15)22-21(29)26(19)13-9-11-25(12-10-13)20(28)18-14-5-1-4-8-17(14)23-24-18/h2-3,6-7,13,15H,1,4-5,8-12H2,(H,23,24). The van der Waals surface area contributed by atoms with Crippen LogP contribution in [-0.2, 0) is 17.6 Å². The molecule has 0 saturated carbocycles. The summed E-state index contributed by atoms with van der Waals surface area (Å²) in [4.78, 5) is 45.5. The van der Waals surface area contributed by atoms with Crippen molar-refractivity contribution in [3.8, 4) is 0 Å². The van der Waals surface area contributed by atoms with Gasteiger partial charge in [-0.2, -0.15) is 10.1 Å². The summed E-state index contributed by atoms with van der Waals surface area (Å²) < 4.78 is 0. The third-order valence-electron chi connectivity index (χ3n) is 6.31. The maximum absolute atomic E-state index is 13.0. The van der Waals surface area contributed by atoms with Crippen molar-refractivity contribution in [3.05, 3.63) is 41.3 Å². The summed E-state index contributed by atoms with van der Waals surface area (Å²) in [5.74, 6) is -0.750. The highest BCUT2D eigenvalue weighted by molar-refractivity contribution is 6.21. The molecule has 0 bridgehead atoms. The van der Waals surface area contributed by atoms with Crippen LogP contribution < -0.4 is 0 Å². The minimum Gasteiger partial charge on any atom is -0.337 e. The second-order valence-electron chi connectivity index (χ2n) is 8.01. The average Bonchev–Trinajstić information content (AvgIpc) is 3.18. The summed E-state index contributed by atoms with van der Waals surface area (Å²) in [6, 6.07) is -0.718. The van der Waals surface area contributed by atoms with Crippen LogP contribution in [0.25, 0.3) is 0 Å². The van der Waals surface area contributed by atoms with Crippen molar-refractivity contribution in [2.75, 3.05) is 13.1 Å². The Morgan fingerprint density at radius 1 is 1.10 bits per heavy atom. The zero-order valence-corrected chi connectivity index (χ0v) is 16.1. The number of imide groups is 1. The molecule has 3 heterocycles. The van der Waals surface area contributed by atoms with E-state index in [1.165, 1.54) is 4.90 Å². The van der Waals surface area contributed by atoms with E-state index in [0.29, 0.717) is 37.3 Å². The lowest BCUT2D eigenvalue weighted by Crippen LogP contribution is -2.54. The molecule has 1 fully saturated rings. The van der Waals surface area contributed by atoms with E-state index < -0.39 is 11.9 Å². The van der Waals surface area contributed by atoms with E-state index in [0.717, 1.165) is 36.9 Å². The van der Waals surface area contributed by atoms with Gasteiger partial charge in [-0.1, -0.05) is 18.2 Å². The van der Waals surface area contributed by atoms with Gasteiger partial charge in [0.25, 0.3) is 5.91 Å². The first-order valence-corrected chi connectivity index (χ1v) is 10.3.